The number of esters is 1. The van der Waals surface area contributed by atoms with Gasteiger partial charge in [0.1, 0.15) is 22.1 Å². The Morgan fingerprint density at radius 3 is 1.74 bits per heavy atom. The van der Waals surface area contributed by atoms with Crippen LogP contribution in [0.5, 0.6) is 0 Å². The average molecular weight is 1150 g/mol. The molecule has 0 aliphatic rings. The van der Waals surface area contributed by atoms with Crippen molar-refractivity contribution >= 4 is 148 Å². The number of benzene rings is 2. The van der Waals surface area contributed by atoms with Crippen LogP contribution >= 0.6 is 104 Å². The first kappa shape index (κ1) is 53.5. The number of nitrogens with zero attached hydrogens (tertiary/aromatic N) is 4. The number of methoxy groups -OCH3 is 1. The summed E-state index contributed by atoms with van der Waals surface area (Å²) >= 11 is 18.5. The van der Waals surface area contributed by atoms with Crippen LogP contribution in [-0.4, -0.2) is 30.6 Å². The van der Waals surface area contributed by atoms with E-state index in [4.69, 9.17) is 17.9 Å². The Morgan fingerprint density at radius 2 is 1.15 bits per heavy atom. The normalized spacial score (nSPS) is 13.3. The Labute approximate surface area is 473 Å². The van der Waals surface area contributed by atoms with E-state index in [1.165, 1.54) is 94.7 Å². The van der Waals surface area contributed by atoms with E-state index in [-0.39, 0.29) is 28.6 Å². The molecule has 1 unspecified atom stereocenters. The number of fused-ring (bicyclic) bond motifs is 5. The number of aromatic nitrogens is 4. The Kier molecular flexibility index (Phi) is 15.5. The molecule has 0 amide bonds. The lowest BCUT2D eigenvalue weighted by molar-refractivity contribution is -0.139. The standard InChI is InChI=1S/C59H62N4O2S9/c1-12-25-58(10,59(15-4,16-5)49-28-35(29-50(64)65-11)56(72-49)45-20-18-40(68-45)42-21-23-47(69-42)57(9,13-2)14-3)48-24-22-43(70-48)41-17-19-44(67-41)55-34(26-32(6)7)27-46(71-55)39-31-38-37(53-54(39)63-74-62-53)30-36(33(8)66)51-52(38)61-73-60-51/h17-24,27-28,30-32,66H,8,12-16,25-26,29H2,1-7,9-11H3. The van der Waals surface area contributed by atoms with Gasteiger partial charge in [0, 0.05) is 102 Å². The highest BCUT2D eigenvalue weighted by atomic mass is 32.1. The summed E-state index contributed by atoms with van der Waals surface area (Å²) in [5.41, 5.74) is 7.68. The summed E-state index contributed by atoms with van der Waals surface area (Å²) in [5.74, 6) is 0.279. The van der Waals surface area contributed by atoms with Gasteiger partial charge in [0.2, 0.25) is 0 Å². The van der Waals surface area contributed by atoms with Crippen molar-refractivity contribution in [3.8, 4) is 49.5 Å². The number of carbonyl (C=O) groups is 1. The summed E-state index contributed by atoms with van der Waals surface area (Å²) in [7, 11) is 1.50. The first-order chi connectivity index (χ1) is 35.6. The summed E-state index contributed by atoms with van der Waals surface area (Å²) in [6.45, 7) is 25.3. The minimum absolute atomic E-state index is 0.163. The van der Waals surface area contributed by atoms with E-state index < -0.39 is 0 Å². The molecule has 0 aliphatic carbocycles. The molecule has 10 aromatic rings. The van der Waals surface area contributed by atoms with Gasteiger partial charge in [0.15, 0.2) is 0 Å². The van der Waals surface area contributed by atoms with Crippen molar-refractivity contribution in [2.45, 2.75) is 130 Å². The minimum atomic E-state index is -0.204. The fraction of sp³-hybridized carbons (Fsp3) is 0.373. The van der Waals surface area contributed by atoms with Gasteiger partial charge in [-0.05, 0) is 128 Å². The molecular formula is C59H62N4O2S9. The van der Waals surface area contributed by atoms with Crippen molar-refractivity contribution in [2.24, 2.45) is 5.92 Å². The molecule has 15 heteroatoms. The van der Waals surface area contributed by atoms with Gasteiger partial charge in [-0.1, -0.05) is 75.3 Å². The van der Waals surface area contributed by atoms with Gasteiger partial charge in [-0.3, -0.25) is 4.79 Å². The molecule has 0 radical (unpaired) electrons. The van der Waals surface area contributed by atoms with Crippen molar-refractivity contribution in [3.63, 3.8) is 0 Å². The van der Waals surface area contributed by atoms with Crippen molar-refractivity contribution < 1.29 is 9.53 Å². The molecule has 0 saturated heterocycles. The molecule has 8 heterocycles. The zero-order chi connectivity index (χ0) is 52.3. The quantitative estimate of drug-likeness (QED) is 0.0605. The lowest BCUT2D eigenvalue weighted by Crippen LogP contribution is -2.45. The van der Waals surface area contributed by atoms with Crippen molar-refractivity contribution in [3.05, 3.63) is 111 Å². The molecule has 0 aliphatic heterocycles. The first-order valence-electron chi connectivity index (χ1n) is 25.6. The van der Waals surface area contributed by atoms with Crippen LogP contribution in [0.2, 0.25) is 0 Å². The lowest BCUT2D eigenvalue weighted by Gasteiger charge is -2.48. The van der Waals surface area contributed by atoms with Gasteiger partial charge in [0.25, 0.3) is 0 Å². The molecule has 1 atom stereocenters. The lowest BCUT2D eigenvalue weighted by atomic mass is 9.58. The van der Waals surface area contributed by atoms with Crippen molar-refractivity contribution in [2.75, 3.05) is 7.11 Å². The van der Waals surface area contributed by atoms with Crippen LogP contribution in [0.4, 0.5) is 0 Å². The SMILES string of the molecule is C=C(S)c1cc2c(cc(-c3cc(CC(C)C)c(-c4ccc(-c5ccc(C(C)(CCC)C(CC)(CC)c6cc(CC(=O)OC)c(-c7ccc(-c8ccc(C(C)(CC)CC)s8)s7)s6)s5)s4)s3)c3nsnc32)c2nsnc12. The molecule has 10 rings (SSSR count). The molecule has 2 aromatic carbocycles. The summed E-state index contributed by atoms with van der Waals surface area (Å²) in [6, 6.07) is 27.8. The molecule has 0 saturated carbocycles. The smallest absolute Gasteiger partial charge is 0.310 e. The summed E-state index contributed by atoms with van der Waals surface area (Å²) in [6.07, 6.45) is 7.53. The third kappa shape index (κ3) is 9.35. The van der Waals surface area contributed by atoms with E-state index in [0.29, 0.717) is 10.8 Å². The topological polar surface area (TPSA) is 77.9 Å². The molecule has 6 nitrogen and oxygen atoms in total. The van der Waals surface area contributed by atoms with Crippen molar-refractivity contribution in [1.29, 1.82) is 0 Å². The Hall–Kier alpha value is -3.90. The predicted octanol–water partition coefficient (Wildman–Crippen LogP) is 20.3. The number of hydrogen-bond donors (Lipinski definition) is 1. The zero-order valence-electron chi connectivity index (χ0n) is 43.7. The zero-order valence-corrected chi connectivity index (χ0v) is 51.1. The highest BCUT2D eigenvalue weighted by Gasteiger charge is 2.49. The van der Waals surface area contributed by atoms with Gasteiger partial charge in [-0.25, -0.2) is 0 Å². The van der Waals surface area contributed by atoms with E-state index in [9.17, 15) is 4.79 Å². The first-order valence-corrected chi connectivity index (χ1v) is 32.4. The maximum Gasteiger partial charge on any atom is 0.310 e. The second kappa shape index (κ2) is 21.5. The van der Waals surface area contributed by atoms with Crippen LogP contribution in [0, 0.1) is 5.92 Å². The Bertz CT molecular complexity index is 3670. The number of thiol groups is 1. The van der Waals surface area contributed by atoms with Crippen molar-refractivity contribution in [1.82, 2.24) is 17.5 Å². The molecule has 0 N–H and O–H groups in total. The van der Waals surface area contributed by atoms with E-state index >= 15 is 0 Å². The van der Waals surface area contributed by atoms with Crippen LogP contribution in [0.15, 0.2) is 79.4 Å². The molecule has 0 fully saturated rings. The van der Waals surface area contributed by atoms with E-state index in [1.807, 2.05) is 68.0 Å². The van der Waals surface area contributed by atoms with Gasteiger partial charge in [-0.15, -0.1) is 80.6 Å². The average Bonchev–Trinajstić information content (AvgIpc) is 4.25. The highest BCUT2D eigenvalue weighted by molar-refractivity contribution is 7.90. The van der Waals surface area contributed by atoms with Crippen LogP contribution in [0.1, 0.15) is 132 Å². The Balaban J connectivity index is 1.00. The van der Waals surface area contributed by atoms with E-state index in [2.05, 4.69) is 159 Å². The summed E-state index contributed by atoms with van der Waals surface area (Å²) in [4.78, 5) is 29.4. The second-order valence-electron chi connectivity index (χ2n) is 20.4. The number of carbonyl (C=O) groups excluding carboxylic acids is 1. The largest absolute Gasteiger partial charge is 0.469 e. The summed E-state index contributed by atoms with van der Waals surface area (Å²) < 4.78 is 24.5. The fourth-order valence-electron chi connectivity index (χ4n) is 11.2. The van der Waals surface area contributed by atoms with Crippen LogP contribution < -0.4 is 0 Å². The van der Waals surface area contributed by atoms with Crippen LogP contribution in [0.3, 0.4) is 0 Å². The molecule has 0 spiro atoms. The third-order valence-corrected chi connectivity index (χ3v) is 25.3. The Morgan fingerprint density at radius 1 is 0.608 bits per heavy atom. The highest BCUT2D eigenvalue weighted by Crippen LogP contribution is 2.58. The van der Waals surface area contributed by atoms with Gasteiger partial charge >= 0.3 is 5.97 Å². The number of thiophene rings is 6. The monoisotopic (exact) mass is 1150 g/mol. The number of rotatable bonds is 20. The van der Waals surface area contributed by atoms with Gasteiger partial charge < -0.3 is 4.74 Å². The number of ether oxygens (including phenoxy) is 1. The van der Waals surface area contributed by atoms with Gasteiger partial charge in [-0.2, -0.15) is 17.5 Å². The third-order valence-electron chi connectivity index (χ3n) is 15.8. The van der Waals surface area contributed by atoms with Gasteiger partial charge in [0.05, 0.1) is 37.0 Å². The molecule has 0 bridgehead atoms. The molecule has 8 aromatic heterocycles. The number of hydrogen-bond acceptors (Lipinski definition) is 15. The van der Waals surface area contributed by atoms with E-state index in [0.717, 1.165) is 94.5 Å². The predicted molar refractivity (Wildman–Crippen MR) is 332 cm³/mol. The molecular weight excluding hydrogens is 1090 g/mol. The minimum Gasteiger partial charge on any atom is -0.469 e. The summed E-state index contributed by atoms with van der Waals surface area (Å²) in [5, 5.41) is 2.02. The molecule has 74 heavy (non-hydrogen) atoms. The maximum atomic E-state index is 13.1. The van der Waals surface area contributed by atoms with Crippen LogP contribution in [0.25, 0.3) is 87.2 Å². The van der Waals surface area contributed by atoms with Crippen LogP contribution in [-0.2, 0) is 38.6 Å². The maximum absolute atomic E-state index is 13.1. The fourth-order valence-corrected chi connectivity index (χ4v) is 20.4. The second-order valence-corrected chi connectivity index (χ2v) is 28.4. The van der Waals surface area contributed by atoms with E-state index in [1.54, 1.807) is 0 Å². The molecule has 384 valence electrons.